The molecule has 2 aromatic heterocycles. The molecule has 162 valence electrons. The van der Waals surface area contributed by atoms with E-state index in [0.717, 1.165) is 32.1 Å². The lowest BCUT2D eigenvalue weighted by molar-refractivity contribution is -0.118. The largest absolute Gasteiger partial charge is 0.394 e. The normalized spacial score (nSPS) is 19.8. The van der Waals surface area contributed by atoms with Crippen molar-refractivity contribution in [2.75, 3.05) is 6.61 Å². The van der Waals surface area contributed by atoms with E-state index in [9.17, 15) is 25.2 Å². The highest BCUT2D eigenvalue weighted by Gasteiger charge is 2.35. The van der Waals surface area contributed by atoms with E-state index < -0.39 is 31.0 Å². The summed E-state index contributed by atoms with van der Waals surface area (Å²) in [5.41, 5.74) is 0.280. The Kier molecular flexibility index (Phi) is 5.85. The van der Waals surface area contributed by atoms with Gasteiger partial charge < -0.3 is 25.5 Å². The number of benzene rings is 1. The second kappa shape index (κ2) is 8.40. The van der Waals surface area contributed by atoms with Crippen LogP contribution in [0, 0.1) is 0 Å². The van der Waals surface area contributed by atoms with Crippen LogP contribution in [0.4, 0.5) is 0 Å². The van der Waals surface area contributed by atoms with Crippen LogP contribution in [-0.4, -0.2) is 69.6 Å². The van der Waals surface area contributed by atoms with E-state index in [2.05, 4.69) is 10.2 Å². The van der Waals surface area contributed by atoms with Crippen LogP contribution in [0.1, 0.15) is 50.1 Å². The van der Waals surface area contributed by atoms with Crippen molar-refractivity contribution in [3.8, 4) is 0 Å². The lowest BCUT2D eigenvalue weighted by Gasteiger charge is -2.26. The standard InChI is InChI=1S/C20H26N4O6/c25-10-14(26)15(27)16(28)17(29)18-21-22-20-23(11-6-2-1-3-7-11)19(30)12-8-4-5-9-13(12)24(18)20/h4-5,8-9,11,14-17,25-29H,1-3,6-7,10H2/t14-,15+,16+,17-/m1/s1. The molecule has 3 aromatic rings. The molecule has 4 atom stereocenters. The fourth-order valence-electron chi connectivity index (χ4n) is 4.28. The molecule has 1 aromatic carbocycles. The van der Waals surface area contributed by atoms with Crippen molar-refractivity contribution in [3.63, 3.8) is 0 Å². The van der Waals surface area contributed by atoms with Gasteiger partial charge in [-0.1, -0.05) is 31.4 Å². The first-order valence-corrected chi connectivity index (χ1v) is 10.2. The molecule has 0 bridgehead atoms. The van der Waals surface area contributed by atoms with Gasteiger partial charge in [-0.25, -0.2) is 0 Å². The molecule has 1 aliphatic rings. The Hall–Kier alpha value is -2.37. The maximum absolute atomic E-state index is 13.3. The predicted molar refractivity (Wildman–Crippen MR) is 107 cm³/mol. The van der Waals surface area contributed by atoms with Crippen molar-refractivity contribution in [1.82, 2.24) is 19.2 Å². The van der Waals surface area contributed by atoms with E-state index in [1.807, 2.05) is 0 Å². The molecule has 1 saturated carbocycles. The first-order chi connectivity index (χ1) is 14.5. The average Bonchev–Trinajstić information content (AvgIpc) is 3.22. The number of hydrogen-bond acceptors (Lipinski definition) is 8. The molecule has 0 saturated heterocycles. The molecule has 0 unspecified atom stereocenters. The van der Waals surface area contributed by atoms with Crippen LogP contribution in [0.15, 0.2) is 29.1 Å². The van der Waals surface area contributed by atoms with Crippen molar-refractivity contribution >= 4 is 16.7 Å². The van der Waals surface area contributed by atoms with Gasteiger partial charge in [0.05, 0.1) is 17.5 Å². The van der Waals surface area contributed by atoms with E-state index in [1.165, 1.54) is 4.40 Å². The van der Waals surface area contributed by atoms with Gasteiger partial charge in [0.2, 0.25) is 5.78 Å². The number of aliphatic hydroxyl groups is 5. The molecule has 10 heteroatoms. The molecule has 1 fully saturated rings. The van der Waals surface area contributed by atoms with Crippen molar-refractivity contribution in [1.29, 1.82) is 0 Å². The van der Waals surface area contributed by atoms with Crippen LogP contribution in [0.25, 0.3) is 16.7 Å². The number of fused-ring (bicyclic) bond motifs is 3. The highest BCUT2D eigenvalue weighted by atomic mass is 16.4. The third kappa shape index (κ3) is 3.40. The van der Waals surface area contributed by atoms with E-state index in [0.29, 0.717) is 10.9 Å². The monoisotopic (exact) mass is 418 g/mol. The van der Waals surface area contributed by atoms with Crippen LogP contribution in [0.5, 0.6) is 0 Å². The van der Waals surface area contributed by atoms with Crippen LogP contribution in [0.3, 0.4) is 0 Å². The first-order valence-electron chi connectivity index (χ1n) is 10.2. The quantitative estimate of drug-likeness (QED) is 0.364. The molecule has 30 heavy (non-hydrogen) atoms. The van der Waals surface area contributed by atoms with Gasteiger partial charge in [0.25, 0.3) is 5.56 Å². The molecule has 0 spiro atoms. The molecular weight excluding hydrogens is 392 g/mol. The summed E-state index contributed by atoms with van der Waals surface area (Å²) in [6, 6.07) is 6.83. The van der Waals surface area contributed by atoms with Crippen molar-refractivity contribution in [2.24, 2.45) is 0 Å². The maximum Gasteiger partial charge on any atom is 0.263 e. The Morgan fingerprint density at radius 1 is 1.00 bits per heavy atom. The van der Waals surface area contributed by atoms with Crippen LogP contribution < -0.4 is 5.56 Å². The van der Waals surface area contributed by atoms with Gasteiger partial charge in [-0.3, -0.25) is 13.8 Å². The highest BCUT2D eigenvalue weighted by Crippen LogP contribution is 2.30. The zero-order valence-corrected chi connectivity index (χ0v) is 16.4. The van der Waals surface area contributed by atoms with Crippen LogP contribution in [-0.2, 0) is 0 Å². The minimum absolute atomic E-state index is 0.0423. The zero-order valence-electron chi connectivity index (χ0n) is 16.4. The second-order valence-electron chi connectivity index (χ2n) is 7.85. The molecule has 0 radical (unpaired) electrons. The van der Waals surface area contributed by atoms with E-state index in [1.54, 1.807) is 28.8 Å². The fraction of sp³-hybridized carbons (Fsp3) is 0.550. The molecule has 2 heterocycles. The van der Waals surface area contributed by atoms with Crippen molar-refractivity contribution < 1.29 is 25.5 Å². The average molecular weight is 418 g/mol. The summed E-state index contributed by atoms with van der Waals surface area (Å²) in [5, 5.41) is 58.3. The second-order valence-corrected chi connectivity index (χ2v) is 7.85. The topological polar surface area (TPSA) is 153 Å². The minimum Gasteiger partial charge on any atom is -0.394 e. The Morgan fingerprint density at radius 3 is 2.40 bits per heavy atom. The summed E-state index contributed by atoms with van der Waals surface area (Å²) in [4.78, 5) is 13.3. The Labute approximate surface area is 171 Å². The van der Waals surface area contributed by atoms with Crippen molar-refractivity contribution in [2.45, 2.75) is 62.6 Å². The summed E-state index contributed by atoms with van der Waals surface area (Å²) >= 11 is 0. The van der Waals surface area contributed by atoms with Gasteiger partial charge in [-0.2, -0.15) is 0 Å². The van der Waals surface area contributed by atoms with Crippen LogP contribution in [0.2, 0.25) is 0 Å². The molecule has 0 aliphatic heterocycles. The third-order valence-corrected chi connectivity index (χ3v) is 5.94. The molecular formula is C20H26N4O6. The van der Waals surface area contributed by atoms with E-state index in [4.69, 9.17) is 5.11 Å². The molecule has 5 N–H and O–H groups in total. The summed E-state index contributed by atoms with van der Waals surface area (Å²) in [6.45, 7) is -0.782. The third-order valence-electron chi connectivity index (χ3n) is 5.94. The smallest absolute Gasteiger partial charge is 0.263 e. The summed E-state index contributed by atoms with van der Waals surface area (Å²) in [5.74, 6) is 0.187. The maximum atomic E-state index is 13.3. The molecule has 4 rings (SSSR count). The molecule has 0 amide bonds. The number of hydrogen-bond donors (Lipinski definition) is 5. The predicted octanol–water partition coefficient (Wildman–Crippen LogP) is -0.342. The summed E-state index contributed by atoms with van der Waals surface area (Å²) in [6.07, 6.45) is -2.17. The number of para-hydroxylation sites is 1. The lowest BCUT2D eigenvalue weighted by Crippen LogP contribution is -2.43. The van der Waals surface area contributed by atoms with Gasteiger partial charge >= 0.3 is 0 Å². The van der Waals surface area contributed by atoms with E-state index in [-0.39, 0.29) is 23.2 Å². The number of aliphatic hydroxyl groups excluding tert-OH is 5. The highest BCUT2D eigenvalue weighted by molar-refractivity contribution is 5.80. The van der Waals surface area contributed by atoms with Gasteiger partial charge in [-0.05, 0) is 25.0 Å². The number of nitrogens with zero attached hydrogens (tertiary/aromatic N) is 4. The SMILES string of the molecule is O=c1c2ccccc2n2c([C@H](O)[C@@H](O)[C@@H](O)[C@H](O)CO)nnc2n1C1CCCCC1. The minimum atomic E-state index is -1.83. The van der Waals surface area contributed by atoms with Gasteiger partial charge in [-0.15, -0.1) is 10.2 Å². The fourth-order valence-corrected chi connectivity index (χ4v) is 4.28. The Balaban J connectivity index is 1.91. The Bertz CT molecular complexity index is 1090. The van der Waals surface area contributed by atoms with Crippen LogP contribution >= 0.6 is 0 Å². The van der Waals surface area contributed by atoms with Gasteiger partial charge in [0, 0.05) is 6.04 Å². The molecule has 10 nitrogen and oxygen atoms in total. The first kappa shape index (κ1) is 20.9. The number of rotatable bonds is 6. The van der Waals surface area contributed by atoms with Gasteiger partial charge in [0.15, 0.2) is 5.82 Å². The lowest BCUT2D eigenvalue weighted by atomic mass is 9.95. The van der Waals surface area contributed by atoms with E-state index >= 15 is 0 Å². The summed E-state index contributed by atoms with van der Waals surface area (Å²) in [7, 11) is 0. The number of aromatic nitrogens is 4. The summed E-state index contributed by atoms with van der Waals surface area (Å²) < 4.78 is 3.12. The Morgan fingerprint density at radius 2 is 1.70 bits per heavy atom. The van der Waals surface area contributed by atoms with Crippen molar-refractivity contribution in [3.05, 3.63) is 40.4 Å². The van der Waals surface area contributed by atoms with Gasteiger partial charge in [0.1, 0.15) is 24.4 Å². The molecule has 1 aliphatic carbocycles. The zero-order chi connectivity index (χ0) is 21.4.